The van der Waals surface area contributed by atoms with Crippen molar-refractivity contribution < 1.29 is 4.79 Å². The molecular weight excluding hydrogens is 192 g/mol. The first kappa shape index (κ1) is 10.0. The molecule has 1 aliphatic heterocycles. The maximum atomic E-state index is 11.1. The van der Waals surface area contributed by atoms with Gasteiger partial charge in [0.25, 0.3) is 5.91 Å². The van der Waals surface area contributed by atoms with Crippen LogP contribution in [0.3, 0.4) is 0 Å². The van der Waals surface area contributed by atoms with Crippen molar-refractivity contribution in [1.29, 1.82) is 0 Å². The van der Waals surface area contributed by atoms with Gasteiger partial charge in [0.2, 0.25) is 0 Å². The molecule has 1 fully saturated rings. The van der Waals surface area contributed by atoms with Crippen LogP contribution in [0.5, 0.6) is 0 Å². The minimum Gasteiger partial charge on any atom is -0.364 e. The summed E-state index contributed by atoms with van der Waals surface area (Å²) in [5.74, 6) is 0.0452. The quantitative estimate of drug-likeness (QED) is 0.713. The standard InChI is InChI=1S/C10H14N4O/c11-10(15)9-8(13-3-4-14-9)5-7-1-2-12-6-7/h3-4,7,12H,1-2,5-6H2,(H2,11,15)/t7-/m0/s1. The fraction of sp³-hybridized carbons (Fsp3) is 0.500. The van der Waals surface area contributed by atoms with E-state index in [1.165, 1.54) is 6.20 Å². The number of carbonyl (C=O) groups is 1. The second-order valence-corrected chi connectivity index (χ2v) is 3.78. The summed E-state index contributed by atoms with van der Waals surface area (Å²) < 4.78 is 0. The molecular formula is C10H14N4O. The Bertz CT molecular complexity index is 360. The maximum absolute atomic E-state index is 11.1. The van der Waals surface area contributed by atoms with Gasteiger partial charge >= 0.3 is 0 Å². The minimum absolute atomic E-state index is 0.310. The van der Waals surface area contributed by atoms with E-state index in [0.29, 0.717) is 11.6 Å². The summed E-state index contributed by atoms with van der Waals surface area (Å²) in [4.78, 5) is 19.2. The number of aromatic nitrogens is 2. The zero-order valence-corrected chi connectivity index (χ0v) is 8.44. The van der Waals surface area contributed by atoms with Gasteiger partial charge in [-0.2, -0.15) is 0 Å². The third-order valence-electron chi connectivity index (χ3n) is 2.65. The van der Waals surface area contributed by atoms with E-state index in [2.05, 4.69) is 15.3 Å². The molecule has 1 aromatic heterocycles. The zero-order valence-electron chi connectivity index (χ0n) is 8.44. The van der Waals surface area contributed by atoms with Crippen LogP contribution in [0.2, 0.25) is 0 Å². The minimum atomic E-state index is -0.496. The topological polar surface area (TPSA) is 80.9 Å². The number of primary amides is 1. The fourth-order valence-corrected chi connectivity index (χ4v) is 1.88. The van der Waals surface area contributed by atoms with E-state index in [1.807, 2.05) is 0 Å². The van der Waals surface area contributed by atoms with E-state index >= 15 is 0 Å². The Balaban J connectivity index is 2.15. The van der Waals surface area contributed by atoms with Gasteiger partial charge in [0.05, 0.1) is 5.69 Å². The molecule has 0 aromatic carbocycles. The molecule has 5 nitrogen and oxygen atoms in total. The van der Waals surface area contributed by atoms with Crippen molar-refractivity contribution in [1.82, 2.24) is 15.3 Å². The molecule has 0 bridgehead atoms. The molecule has 2 rings (SSSR count). The Morgan fingerprint density at radius 3 is 3.00 bits per heavy atom. The molecule has 80 valence electrons. The van der Waals surface area contributed by atoms with Crippen molar-refractivity contribution >= 4 is 5.91 Å². The predicted octanol–water partition coefficient (Wildman–Crippen LogP) is -0.273. The third kappa shape index (κ3) is 2.30. The molecule has 3 N–H and O–H groups in total. The van der Waals surface area contributed by atoms with E-state index in [0.717, 1.165) is 31.6 Å². The van der Waals surface area contributed by atoms with Gasteiger partial charge in [-0.3, -0.25) is 9.78 Å². The molecule has 1 aromatic rings. The van der Waals surface area contributed by atoms with E-state index in [1.54, 1.807) is 6.20 Å². The molecule has 0 radical (unpaired) electrons. The highest BCUT2D eigenvalue weighted by atomic mass is 16.1. The number of nitrogens with zero attached hydrogens (tertiary/aromatic N) is 2. The molecule has 2 heterocycles. The highest BCUT2D eigenvalue weighted by Crippen LogP contribution is 2.15. The average Bonchev–Trinajstić information content (AvgIpc) is 2.71. The summed E-state index contributed by atoms with van der Waals surface area (Å²) in [5.41, 5.74) is 6.26. The van der Waals surface area contributed by atoms with Crippen LogP contribution in [-0.2, 0) is 6.42 Å². The van der Waals surface area contributed by atoms with Gasteiger partial charge in [-0.25, -0.2) is 4.98 Å². The van der Waals surface area contributed by atoms with Gasteiger partial charge in [0.15, 0.2) is 0 Å². The Hall–Kier alpha value is -1.49. The Labute approximate surface area is 88.1 Å². The maximum Gasteiger partial charge on any atom is 0.269 e. The first-order chi connectivity index (χ1) is 7.27. The van der Waals surface area contributed by atoms with E-state index < -0.39 is 5.91 Å². The molecule has 0 aliphatic carbocycles. The Morgan fingerprint density at radius 2 is 2.33 bits per heavy atom. The molecule has 1 atom stereocenters. The molecule has 1 saturated heterocycles. The Kier molecular flexibility index (Phi) is 2.91. The number of amides is 1. The number of nitrogens with one attached hydrogen (secondary N) is 1. The number of hydrogen-bond acceptors (Lipinski definition) is 4. The van der Waals surface area contributed by atoms with Crippen LogP contribution in [0.15, 0.2) is 12.4 Å². The molecule has 5 heteroatoms. The van der Waals surface area contributed by atoms with Crippen LogP contribution < -0.4 is 11.1 Å². The summed E-state index contributed by atoms with van der Waals surface area (Å²) in [7, 11) is 0. The van der Waals surface area contributed by atoms with Gasteiger partial charge in [-0.05, 0) is 31.8 Å². The third-order valence-corrected chi connectivity index (χ3v) is 2.65. The first-order valence-corrected chi connectivity index (χ1v) is 5.08. The molecule has 0 unspecified atom stereocenters. The lowest BCUT2D eigenvalue weighted by Crippen LogP contribution is -2.19. The van der Waals surface area contributed by atoms with Gasteiger partial charge < -0.3 is 11.1 Å². The monoisotopic (exact) mass is 206 g/mol. The zero-order chi connectivity index (χ0) is 10.7. The summed E-state index contributed by atoms with van der Waals surface area (Å²) in [6, 6.07) is 0. The van der Waals surface area contributed by atoms with Crippen molar-refractivity contribution in [3.05, 3.63) is 23.8 Å². The van der Waals surface area contributed by atoms with Crippen molar-refractivity contribution in [3.8, 4) is 0 Å². The van der Waals surface area contributed by atoms with Crippen LogP contribution in [0.25, 0.3) is 0 Å². The van der Waals surface area contributed by atoms with E-state index in [-0.39, 0.29) is 0 Å². The van der Waals surface area contributed by atoms with Gasteiger partial charge in [0.1, 0.15) is 5.69 Å². The predicted molar refractivity (Wildman–Crippen MR) is 55.2 cm³/mol. The second kappa shape index (κ2) is 4.35. The highest BCUT2D eigenvalue weighted by molar-refractivity contribution is 5.91. The van der Waals surface area contributed by atoms with Gasteiger partial charge in [0, 0.05) is 12.4 Å². The van der Waals surface area contributed by atoms with Crippen LogP contribution in [0.4, 0.5) is 0 Å². The summed E-state index contributed by atoms with van der Waals surface area (Å²) >= 11 is 0. The number of rotatable bonds is 3. The number of hydrogen-bond donors (Lipinski definition) is 2. The van der Waals surface area contributed by atoms with Crippen molar-refractivity contribution in [3.63, 3.8) is 0 Å². The molecule has 0 saturated carbocycles. The van der Waals surface area contributed by atoms with Crippen LogP contribution in [0.1, 0.15) is 22.6 Å². The number of nitrogens with two attached hydrogens (primary N) is 1. The normalized spacial score (nSPS) is 20.4. The first-order valence-electron chi connectivity index (χ1n) is 5.08. The molecule has 1 amide bonds. The summed E-state index contributed by atoms with van der Waals surface area (Å²) in [6.07, 6.45) is 4.99. The lowest BCUT2D eigenvalue weighted by Gasteiger charge is -2.08. The van der Waals surface area contributed by atoms with Crippen LogP contribution in [-0.4, -0.2) is 29.0 Å². The average molecular weight is 206 g/mol. The second-order valence-electron chi connectivity index (χ2n) is 3.78. The molecule has 1 aliphatic rings. The summed E-state index contributed by atoms with van der Waals surface area (Å²) in [5, 5.41) is 3.28. The summed E-state index contributed by atoms with van der Waals surface area (Å²) in [6.45, 7) is 2.02. The van der Waals surface area contributed by atoms with Crippen LogP contribution in [0, 0.1) is 5.92 Å². The van der Waals surface area contributed by atoms with Crippen molar-refractivity contribution in [2.24, 2.45) is 11.7 Å². The van der Waals surface area contributed by atoms with Crippen molar-refractivity contribution in [2.45, 2.75) is 12.8 Å². The SMILES string of the molecule is NC(=O)c1nccnc1C[C@@H]1CCNC1. The lowest BCUT2D eigenvalue weighted by atomic mass is 10.0. The largest absolute Gasteiger partial charge is 0.364 e. The molecule has 0 spiro atoms. The Morgan fingerprint density at radius 1 is 1.53 bits per heavy atom. The molecule has 15 heavy (non-hydrogen) atoms. The van der Waals surface area contributed by atoms with E-state index in [9.17, 15) is 4.79 Å². The smallest absolute Gasteiger partial charge is 0.269 e. The van der Waals surface area contributed by atoms with E-state index in [4.69, 9.17) is 5.73 Å². The number of carbonyl (C=O) groups excluding carboxylic acids is 1. The van der Waals surface area contributed by atoms with Gasteiger partial charge in [-0.15, -0.1) is 0 Å². The van der Waals surface area contributed by atoms with Crippen LogP contribution >= 0.6 is 0 Å². The lowest BCUT2D eigenvalue weighted by molar-refractivity contribution is 0.0994. The highest BCUT2D eigenvalue weighted by Gasteiger charge is 2.19. The fourth-order valence-electron chi connectivity index (χ4n) is 1.88. The van der Waals surface area contributed by atoms with Crippen molar-refractivity contribution in [2.75, 3.05) is 13.1 Å². The van der Waals surface area contributed by atoms with Gasteiger partial charge in [-0.1, -0.05) is 0 Å².